The molecular weight excluding hydrogens is 1320 g/mol. The van der Waals surface area contributed by atoms with Gasteiger partial charge in [-0.15, -0.1) is 0 Å². The van der Waals surface area contributed by atoms with E-state index in [9.17, 15) is 38.4 Å². The van der Waals surface area contributed by atoms with Crippen molar-refractivity contribution < 1.29 is 62.0 Å². The number of nitrogens with zero attached hydrogens (tertiary/aromatic N) is 6. The number of carbonyl (C=O) groups is 8. The van der Waals surface area contributed by atoms with Crippen molar-refractivity contribution in [3.63, 3.8) is 0 Å². The summed E-state index contributed by atoms with van der Waals surface area (Å²) in [7, 11) is 15.8. The fraction of sp³-hybridized carbons (Fsp3) is 0.625. The van der Waals surface area contributed by atoms with Crippen molar-refractivity contribution in [1.82, 2.24) is 40.4 Å². The zero-order chi connectivity index (χ0) is 81.0. The van der Waals surface area contributed by atoms with Crippen LogP contribution >= 0.6 is 0 Å². The van der Waals surface area contributed by atoms with E-state index in [1.807, 2.05) is 90.4 Å². The van der Waals surface area contributed by atoms with Crippen LogP contribution in [0.2, 0.25) is 0 Å². The average Bonchev–Trinajstić information content (AvgIpc) is 0.894. The van der Waals surface area contributed by atoms with E-state index in [4.69, 9.17) is 24.7 Å². The molecule has 4 amide bonds. The Morgan fingerprint density at radius 1 is 0.500 bits per heavy atom. The number of benzene rings is 1. The van der Waals surface area contributed by atoms with Gasteiger partial charge in [0.1, 0.15) is 19.8 Å². The van der Waals surface area contributed by atoms with Gasteiger partial charge in [-0.05, 0) is 197 Å². The van der Waals surface area contributed by atoms with Crippen LogP contribution in [0.1, 0.15) is 140 Å². The molecule has 1 heterocycles. The van der Waals surface area contributed by atoms with Crippen LogP contribution in [0.15, 0.2) is 122 Å². The minimum absolute atomic E-state index is 0.0445. The number of rotatable bonds is 42. The molecule has 104 heavy (non-hydrogen) atoms. The number of ether oxygens (including phenoxy) is 5. The molecule has 1 saturated heterocycles. The van der Waals surface area contributed by atoms with Gasteiger partial charge in [0, 0.05) is 117 Å². The van der Waals surface area contributed by atoms with Gasteiger partial charge in [-0.25, -0.2) is 19.2 Å². The van der Waals surface area contributed by atoms with Gasteiger partial charge in [0.25, 0.3) is 5.91 Å². The minimum atomic E-state index is -0.375. The van der Waals surface area contributed by atoms with Gasteiger partial charge in [0.05, 0.1) is 19.8 Å². The van der Waals surface area contributed by atoms with E-state index in [0.29, 0.717) is 71.6 Å². The van der Waals surface area contributed by atoms with Gasteiger partial charge in [0.15, 0.2) is 0 Å². The molecular formula is C80H145N11O13. The Labute approximate surface area is 630 Å². The number of amides is 4. The highest BCUT2D eigenvalue weighted by Crippen LogP contribution is 2.16. The normalized spacial score (nSPS) is 11.0. The summed E-state index contributed by atoms with van der Waals surface area (Å²) in [5, 5.41) is 11.1. The molecule has 1 aliphatic rings. The van der Waals surface area contributed by atoms with Gasteiger partial charge >= 0.3 is 23.9 Å². The lowest BCUT2D eigenvalue weighted by Crippen LogP contribution is -2.38. The smallest absolute Gasteiger partial charge is 0.333 e. The summed E-state index contributed by atoms with van der Waals surface area (Å²) in [6.45, 7) is 63.7. The van der Waals surface area contributed by atoms with Crippen LogP contribution in [0.5, 0.6) is 0 Å². The number of nitrogens with two attached hydrogens (primary N) is 1. The Kier molecular flexibility index (Phi) is 74.7. The molecule has 0 bridgehead atoms. The van der Waals surface area contributed by atoms with E-state index < -0.39 is 0 Å². The summed E-state index contributed by atoms with van der Waals surface area (Å²) in [6.07, 6.45) is 13.6. The quantitative estimate of drug-likeness (QED) is 0.0176. The molecule has 1 fully saturated rings. The lowest BCUT2D eigenvalue weighted by Gasteiger charge is -2.26. The largest absolute Gasteiger partial charge is 0.462 e. The molecule has 1 aliphatic heterocycles. The van der Waals surface area contributed by atoms with Crippen LogP contribution in [0.4, 0.5) is 11.4 Å². The highest BCUT2D eigenvalue weighted by molar-refractivity contribution is 6.02. The van der Waals surface area contributed by atoms with Crippen molar-refractivity contribution in [3.8, 4) is 0 Å². The van der Waals surface area contributed by atoms with E-state index in [1.165, 1.54) is 38.2 Å². The Morgan fingerprint density at radius 2 is 0.913 bits per heavy atom. The first-order valence-corrected chi connectivity index (χ1v) is 36.2. The van der Waals surface area contributed by atoms with E-state index in [1.54, 1.807) is 41.5 Å². The molecule has 1 aromatic carbocycles. The number of morpholine rings is 1. The van der Waals surface area contributed by atoms with Crippen molar-refractivity contribution in [2.24, 2.45) is 17.6 Å². The van der Waals surface area contributed by atoms with Crippen molar-refractivity contribution in [2.45, 2.75) is 140 Å². The second-order valence-corrected chi connectivity index (χ2v) is 26.7. The lowest BCUT2D eigenvalue weighted by atomic mass is 10.1. The SMILES string of the molecule is C=C(C)C(=O)NCCCN(C)C.C=C(C)C(=O)NCCCN1CCOCC1.C=C(C)C(=O)Nc1ccc(N(C)C)cc1.C=C(C)C(=O)OCCCCCCC.C=C(C)C(=O)OCCN.C=C(C)C(=O)OCCN(CCC(C)C)CCC(C)C.C=CC(=O)NCCCN(C)C.C=CC(=O)OCCN(C)C. The number of hydrogen-bond donors (Lipinski definition) is 5. The number of carbonyl (C=O) groups excluding carboxylic acids is 8. The third-order valence-electron chi connectivity index (χ3n) is 13.7. The summed E-state index contributed by atoms with van der Waals surface area (Å²) in [5.41, 5.74) is 9.96. The molecule has 0 saturated carbocycles. The number of unbranched alkanes of at least 4 members (excludes halogenated alkanes) is 4. The minimum Gasteiger partial charge on any atom is -0.462 e. The third kappa shape index (κ3) is 80.1. The first-order chi connectivity index (χ1) is 48.8. The molecule has 1 aromatic rings. The van der Waals surface area contributed by atoms with Gasteiger partial charge in [-0.3, -0.25) is 29.0 Å². The Hall–Kier alpha value is -7.58. The van der Waals surface area contributed by atoms with Crippen LogP contribution < -0.4 is 31.9 Å². The van der Waals surface area contributed by atoms with Crippen molar-refractivity contribution in [2.75, 3.05) is 191 Å². The van der Waals surface area contributed by atoms with Gasteiger partial charge in [-0.2, -0.15) is 0 Å². The molecule has 0 radical (unpaired) electrons. The second-order valence-electron chi connectivity index (χ2n) is 26.7. The lowest BCUT2D eigenvalue weighted by molar-refractivity contribution is -0.140. The van der Waals surface area contributed by atoms with Crippen molar-refractivity contribution >= 4 is 58.9 Å². The molecule has 0 aliphatic carbocycles. The van der Waals surface area contributed by atoms with Crippen molar-refractivity contribution in [3.05, 3.63) is 122 Å². The van der Waals surface area contributed by atoms with Gasteiger partial charge in [0.2, 0.25) is 17.7 Å². The number of likely N-dealkylation sites (N-methyl/N-ethyl adjacent to an activating group) is 1. The number of esters is 4. The maximum atomic E-state index is 11.3. The monoisotopic (exact) mass is 1470 g/mol. The van der Waals surface area contributed by atoms with Gasteiger partial charge in [-0.1, -0.05) is 113 Å². The molecule has 0 atom stereocenters. The second kappa shape index (κ2) is 72.4. The summed E-state index contributed by atoms with van der Waals surface area (Å²) < 4.78 is 24.7. The summed E-state index contributed by atoms with van der Waals surface area (Å²) >= 11 is 0. The summed E-state index contributed by atoms with van der Waals surface area (Å²) in [5.74, 6) is -0.202. The molecule has 0 spiro atoms. The molecule has 0 aromatic heterocycles. The van der Waals surface area contributed by atoms with Crippen LogP contribution in [0, 0.1) is 11.8 Å². The Balaban J connectivity index is -0.000000267. The number of anilines is 2. The summed E-state index contributed by atoms with van der Waals surface area (Å²) in [6, 6.07) is 7.65. The van der Waals surface area contributed by atoms with Crippen LogP contribution in [0.3, 0.4) is 0 Å². The topological polar surface area (TPSA) is 276 Å². The Bertz CT molecular complexity index is 2570. The van der Waals surface area contributed by atoms with Crippen LogP contribution in [0.25, 0.3) is 0 Å². The molecule has 6 N–H and O–H groups in total. The molecule has 0 unspecified atom stereocenters. The maximum Gasteiger partial charge on any atom is 0.333 e. The van der Waals surface area contributed by atoms with Gasteiger partial charge < -0.3 is 70.3 Å². The zero-order valence-electron chi connectivity index (χ0n) is 68.3. The maximum absolute atomic E-state index is 11.3. The van der Waals surface area contributed by atoms with E-state index in [-0.39, 0.29) is 54.1 Å². The van der Waals surface area contributed by atoms with E-state index in [0.717, 1.165) is 141 Å². The third-order valence-corrected chi connectivity index (χ3v) is 13.7. The first kappa shape index (κ1) is 107. The predicted molar refractivity (Wildman–Crippen MR) is 431 cm³/mol. The summed E-state index contributed by atoms with van der Waals surface area (Å²) in [4.78, 5) is 100. The van der Waals surface area contributed by atoms with E-state index in [2.05, 4.69) is 133 Å². The fourth-order valence-electron chi connectivity index (χ4n) is 7.25. The molecule has 24 nitrogen and oxygen atoms in total. The number of nitrogens with one attached hydrogen (secondary N) is 4. The Morgan fingerprint density at radius 3 is 1.30 bits per heavy atom. The predicted octanol–water partition coefficient (Wildman–Crippen LogP) is 10.5. The zero-order valence-corrected chi connectivity index (χ0v) is 68.3. The van der Waals surface area contributed by atoms with E-state index >= 15 is 0 Å². The van der Waals surface area contributed by atoms with Crippen LogP contribution in [-0.4, -0.2) is 253 Å². The average molecular weight is 1470 g/mol. The standard InChI is InChI=1S/C16H31NO2.C12H16N2O.C11H20N2O2.C11H20O2.C9H18N2O.C8H16N2O.C7H13NO2.C6H11NO2/c1-13(2)7-9-17(10-8-14(3)4)11-12-19-16(18)15(5)6;1-9(2)12(15)13-10-5-7-11(8-6-10)14(3)4;1-10(2)11(14)12-4-3-5-13-6-8-15-9-7-13;1-4-5-6-7-8-9-13-11(12)10(2)3;1-8(2)9(12)10-6-5-7-11(3)4;1-4-8(11)9-6-5-7-10(2)3;1-4-7(9)10-6-5-8(2)3;1-5(2)6(8)9-4-3-7/h13-14H,5,7-12H2,1-4,6H3;5-8H,1H2,2-4H3,(H,13,15);1,3-9H2,2H3,(H,12,14);2,4-9H2,1,3H3;1,5-7H2,2-4H3,(H,10,12);4H,1,5-7H2,2-3H3,(H,9,11);4H,1,5-6H2,2-3H3;1,3-4,7H2,2H3. The first-order valence-electron chi connectivity index (χ1n) is 36.2. The highest BCUT2D eigenvalue weighted by Gasteiger charge is 2.12. The molecule has 24 heteroatoms. The molecule has 2 rings (SSSR count). The number of hydrogen-bond acceptors (Lipinski definition) is 20. The van der Waals surface area contributed by atoms with Crippen molar-refractivity contribution in [1.29, 1.82) is 0 Å². The van der Waals surface area contributed by atoms with Crippen LogP contribution in [-0.2, 0) is 62.0 Å². The molecule has 598 valence electrons. The highest BCUT2D eigenvalue weighted by atomic mass is 16.5. The fourth-order valence-corrected chi connectivity index (χ4v) is 7.25.